The number of carbonyl (C=O) groups is 1. The summed E-state index contributed by atoms with van der Waals surface area (Å²) in [6.45, 7) is 2.43. The summed E-state index contributed by atoms with van der Waals surface area (Å²) in [4.78, 5) is 32.9. The Bertz CT molecular complexity index is 868. The molecule has 0 bridgehead atoms. The van der Waals surface area contributed by atoms with Crippen LogP contribution in [0.15, 0.2) is 45.9 Å². The number of carbonyl (C=O) groups excluding carboxylic acids is 1. The number of aromatic nitrogens is 3. The highest BCUT2D eigenvalue weighted by Gasteiger charge is 2.17. The van der Waals surface area contributed by atoms with Crippen molar-refractivity contribution in [2.75, 3.05) is 0 Å². The number of nitrogens with one attached hydrogen (secondary N) is 1. The third-order valence-electron chi connectivity index (χ3n) is 3.24. The number of aryl methyl sites for hydroxylation is 1. The summed E-state index contributed by atoms with van der Waals surface area (Å²) >= 11 is 0. The van der Waals surface area contributed by atoms with Crippen LogP contribution in [0, 0.1) is 0 Å². The van der Waals surface area contributed by atoms with E-state index in [1.165, 1.54) is 10.8 Å². The lowest BCUT2D eigenvalue weighted by molar-refractivity contribution is 0.0941. The van der Waals surface area contributed by atoms with E-state index in [-0.39, 0.29) is 12.2 Å². The molecule has 3 heterocycles. The van der Waals surface area contributed by atoms with Gasteiger partial charge in [0.1, 0.15) is 11.3 Å². The van der Waals surface area contributed by atoms with Gasteiger partial charge < -0.3 is 9.73 Å². The third-order valence-corrected chi connectivity index (χ3v) is 3.24. The second-order valence-corrected chi connectivity index (χ2v) is 4.62. The number of furan rings is 1. The summed E-state index contributed by atoms with van der Waals surface area (Å²) in [5, 5.41) is 2.63. The summed E-state index contributed by atoms with van der Waals surface area (Å²) in [6.07, 6.45) is 3.11. The Morgan fingerprint density at radius 2 is 2.23 bits per heavy atom. The second-order valence-electron chi connectivity index (χ2n) is 4.62. The van der Waals surface area contributed by atoms with Crippen LogP contribution < -0.4 is 10.9 Å². The van der Waals surface area contributed by atoms with E-state index in [1.807, 2.05) is 6.92 Å². The van der Waals surface area contributed by atoms with Crippen LogP contribution in [-0.4, -0.2) is 20.4 Å². The molecule has 1 amide bonds. The molecule has 3 rings (SSSR count). The molecule has 7 heteroatoms. The van der Waals surface area contributed by atoms with Gasteiger partial charge in [0.25, 0.3) is 11.5 Å². The van der Waals surface area contributed by atoms with Gasteiger partial charge in [-0.1, -0.05) is 0 Å². The maximum atomic E-state index is 12.4. The first-order chi connectivity index (χ1) is 10.7. The Labute approximate surface area is 125 Å². The van der Waals surface area contributed by atoms with Crippen molar-refractivity contribution in [3.05, 3.63) is 58.5 Å². The average molecular weight is 298 g/mol. The van der Waals surface area contributed by atoms with Crippen LogP contribution in [0.1, 0.15) is 23.2 Å². The molecule has 112 valence electrons. The largest absolute Gasteiger partial charge is 0.467 e. The Morgan fingerprint density at radius 1 is 1.36 bits per heavy atom. The molecule has 22 heavy (non-hydrogen) atoms. The Kier molecular flexibility index (Phi) is 3.69. The smallest absolute Gasteiger partial charge is 0.283 e. The van der Waals surface area contributed by atoms with Crippen LogP contribution in [0.25, 0.3) is 11.2 Å². The standard InChI is InChI=1S/C15H14N4O3/c1-2-19-13-11(6-3-7-16-13)18-12(15(19)21)14(20)17-9-10-5-4-8-22-10/h3-8H,2,9H2,1H3,(H,17,20). The fourth-order valence-corrected chi connectivity index (χ4v) is 2.18. The van der Waals surface area contributed by atoms with E-state index in [9.17, 15) is 9.59 Å². The lowest BCUT2D eigenvalue weighted by atomic mass is 10.3. The van der Waals surface area contributed by atoms with Crippen molar-refractivity contribution in [1.82, 2.24) is 19.9 Å². The van der Waals surface area contributed by atoms with Gasteiger partial charge in [-0.25, -0.2) is 9.97 Å². The summed E-state index contributed by atoms with van der Waals surface area (Å²) in [6, 6.07) is 6.90. The Balaban J connectivity index is 1.97. The maximum Gasteiger partial charge on any atom is 0.283 e. The molecule has 0 spiro atoms. The van der Waals surface area contributed by atoms with Crippen LogP contribution >= 0.6 is 0 Å². The van der Waals surface area contributed by atoms with E-state index >= 15 is 0 Å². The Morgan fingerprint density at radius 3 is 2.95 bits per heavy atom. The van der Waals surface area contributed by atoms with Gasteiger partial charge in [0, 0.05) is 12.7 Å². The first kappa shape index (κ1) is 14.0. The van der Waals surface area contributed by atoms with Gasteiger partial charge in [-0.15, -0.1) is 0 Å². The summed E-state index contributed by atoms with van der Waals surface area (Å²) < 4.78 is 6.57. The van der Waals surface area contributed by atoms with Gasteiger partial charge in [0.2, 0.25) is 0 Å². The molecule has 7 nitrogen and oxygen atoms in total. The van der Waals surface area contributed by atoms with Crippen molar-refractivity contribution in [2.45, 2.75) is 20.0 Å². The first-order valence-corrected chi connectivity index (χ1v) is 6.87. The molecule has 0 aromatic carbocycles. The lowest BCUT2D eigenvalue weighted by Crippen LogP contribution is -2.34. The zero-order valence-corrected chi connectivity index (χ0v) is 11.9. The normalized spacial score (nSPS) is 10.8. The lowest BCUT2D eigenvalue weighted by Gasteiger charge is -2.09. The molecular weight excluding hydrogens is 284 g/mol. The van der Waals surface area contributed by atoms with E-state index in [0.29, 0.717) is 23.5 Å². The van der Waals surface area contributed by atoms with Crippen LogP contribution in [0.2, 0.25) is 0 Å². The molecule has 0 fully saturated rings. The highest BCUT2D eigenvalue weighted by molar-refractivity contribution is 5.93. The molecule has 0 atom stereocenters. The predicted octanol–water partition coefficient (Wildman–Crippen LogP) is 1.33. The molecule has 0 unspecified atom stereocenters. The van der Waals surface area contributed by atoms with E-state index in [4.69, 9.17) is 4.42 Å². The number of rotatable bonds is 4. The average Bonchev–Trinajstić information content (AvgIpc) is 3.05. The highest BCUT2D eigenvalue weighted by Crippen LogP contribution is 2.07. The topological polar surface area (TPSA) is 90.0 Å². The van der Waals surface area contributed by atoms with Crippen molar-refractivity contribution in [2.24, 2.45) is 0 Å². The van der Waals surface area contributed by atoms with Gasteiger partial charge in [-0.3, -0.25) is 14.2 Å². The number of hydrogen-bond donors (Lipinski definition) is 1. The fourth-order valence-electron chi connectivity index (χ4n) is 2.18. The van der Waals surface area contributed by atoms with Gasteiger partial charge in [-0.05, 0) is 31.2 Å². The van der Waals surface area contributed by atoms with E-state index in [1.54, 1.807) is 30.5 Å². The Hall–Kier alpha value is -2.96. The molecule has 0 aliphatic heterocycles. The maximum absolute atomic E-state index is 12.4. The number of pyridine rings is 1. The molecule has 0 radical (unpaired) electrons. The van der Waals surface area contributed by atoms with Crippen molar-refractivity contribution < 1.29 is 9.21 Å². The van der Waals surface area contributed by atoms with Crippen LogP contribution in [0.3, 0.4) is 0 Å². The number of fused-ring (bicyclic) bond motifs is 1. The summed E-state index contributed by atoms with van der Waals surface area (Å²) in [7, 11) is 0. The monoisotopic (exact) mass is 298 g/mol. The van der Waals surface area contributed by atoms with Gasteiger partial charge in [0.15, 0.2) is 11.3 Å². The van der Waals surface area contributed by atoms with Gasteiger partial charge in [-0.2, -0.15) is 0 Å². The minimum Gasteiger partial charge on any atom is -0.467 e. The zero-order valence-electron chi connectivity index (χ0n) is 11.9. The number of amides is 1. The van der Waals surface area contributed by atoms with E-state index < -0.39 is 11.5 Å². The summed E-state index contributed by atoms with van der Waals surface area (Å²) in [5.41, 5.74) is 0.379. The molecule has 0 saturated carbocycles. The summed E-state index contributed by atoms with van der Waals surface area (Å²) in [5.74, 6) is 0.0703. The SMILES string of the molecule is CCn1c(=O)c(C(=O)NCc2ccco2)nc2cccnc21. The molecule has 0 aliphatic rings. The number of nitrogens with zero attached hydrogens (tertiary/aromatic N) is 3. The molecular formula is C15H14N4O3. The molecule has 0 saturated heterocycles. The van der Waals surface area contributed by atoms with Crippen LogP contribution in [-0.2, 0) is 13.1 Å². The minimum atomic E-state index is -0.533. The van der Waals surface area contributed by atoms with Crippen LogP contribution in [0.4, 0.5) is 0 Å². The van der Waals surface area contributed by atoms with Crippen molar-refractivity contribution in [1.29, 1.82) is 0 Å². The van der Waals surface area contributed by atoms with Crippen molar-refractivity contribution in [3.63, 3.8) is 0 Å². The zero-order chi connectivity index (χ0) is 15.5. The second kappa shape index (κ2) is 5.80. The van der Waals surface area contributed by atoms with Crippen LogP contribution in [0.5, 0.6) is 0 Å². The van der Waals surface area contributed by atoms with Gasteiger partial charge in [0.05, 0.1) is 12.8 Å². The first-order valence-electron chi connectivity index (χ1n) is 6.87. The van der Waals surface area contributed by atoms with Crippen molar-refractivity contribution >= 4 is 17.1 Å². The fraction of sp³-hybridized carbons (Fsp3) is 0.200. The van der Waals surface area contributed by atoms with E-state index in [2.05, 4.69) is 15.3 Å². The van der Waals surface area contributed by atoms with Crippen molar-refractivity contribution in [3.8, 4) is 0 Å². The minimum absolute atomic E-state index is 0.145. The number of hydrogen-bond acceptors (Lipinski definition) is 5. The third kappa shape index (κ3) is 2.48. The molecule has 0 aliphatic carbocycles. The van der Waals surface area contributed by atoms with Gasteiger partial charge >= 0.3 is 0 Å². The molecule has 3 aromatic rings. The molecule has 1 N–H and O–H groups in total. The highest BCUT2D eigenvalue weighted by atomic mass is 16.3. The predicted molar refractivity (Wildman–Crippen MR) is 79.4 cm³/mol. The quantitative estimate of drug-likeness (QED) is 0.785. The van der Waals surface area contributed by atoms with E-state index in [0.717, 1.165) is 0 Å². The molecule has 3 aromatic heterocycles.